The average Bonchev–Trinajstić information content (AvgIpc) is 2.72. The number of nitrogens with zero attached hydrogens (tertiary/aromatic N) is 3. The summed E-state index contributed by atoms with van der Waals surface area (Å²) in [4.78, 5) is 24.4. The van der Waals surface area contributed by atoms with Gasteiger partial charge >= 0.3 is 12.4 Å². The molecule has 4 N–H and O–H groups in total. The van der Waals surface area contributed by atoms with Gasteiger partial charge in [0.1, 0.15) is 29.5 Å². The quantitative estimate of drug-likeness (QED) is 0.385. The number of urea groups is 1. The van der Waals surface area contributed by atoms with E-state index in [1.807, 2.05) is 19.1 Å². The first-order valence-corrected chi connectivity index (χ1v) is 9.43. The maximum Gasteiger partial charge on any atom is 0.573 e. The first kappa shape index (κ1) is 22.6. The van der Waals surface area contributed by atoms with E-state index in [0.29, 0.717) is 29.7 Å². The Kier molecular flexibility index (Phi) is 7.26. The van der Waals surface area contributed by atoms with E-state index in [1.165, 1.54) is 18.5 Å². The van der Waals surface area contributed by atoms with E-state index in [-0.39, 0.29) is 12.3 Å². The number of hydrogen-bond acceptors (Lipinski definition) is 7. The second kappa shape index (κ2) is 10.3. The summed E-state index contributed by atoms with van der Waals surface area (Å²) in [5, 5.41) is 11.3. The molecule has 0 aliphatic rings. The van der Waals surface area contributed by atoms with Crippen molar-refractivity contribution in [2.45, 2.75) is 13.3 Å². The minimum atomic E-state index is -4.77. The van der Waals surface area contributed by atoms with Gasteiger partial charge in [-0.2, -0.15) is 0 Å². The highest BCUT2D eigenvalue weighted by atomic mass is 19.4. The van der Waals surface area contributed by atoms with Crippen LogP contribution in [0.5, 0.6) is 5.75 Å². The highest BCUT2D eigenvalue weighted by Gasteiger charge is 2.30. The number of aromatic nitrogens is 3. The normalized spacial score (nSPS) is 10.9. The molecular weight excluding hydrogens is 427 g/mol. The fourth-order valence-electron chi connectivity index (χ4n) is 2.54. The summed E-state index contributed by atoms with van der Waals surface area (Å²) in [6.45, 7) is 2.61. The fourth-order valence-corrected chi connectivity index (χ4v) is 2.54. The number of alkyl halides is 3. The highest BCUT2D eigenvalue weighted by molar-refractivity contribution is 5.89. The molecule has 0 spiro atoms. The summed E-state index contributed by atoms with van der Waals surface area (Å²) in [5.74, 6) is 1.40. The molecule has 12 heteroatoms. The summed E-state index contributed by atoms with van der Waals surface area (Å²) in [5.41, 5.74) is 1.38. The number of halogens is 3. The molecule has 0 radical (unpaired) electrons. The zero-order valence-corrected chi connectivity index (χ0v) is 16.9. The molecule has 0 atom stereocenters. The molecule has 3 rings (SSSR count). The van der Waals surface area contributed by atoms with Crippen molar-refractivity contribution in [3.63, 3.8) is 0 Å². The van der Waals surface area contributed by atoms with Gasteiger partial charge in [0.05, 0.1) is 0 Å². The highest BCUT2D eigenvalue weighted by Crippen LogP contribution is 2.23. The van der Waals surface area contributed by atoms with E-state index in [1.54, 1.807) is 12.3 Å². The molecule has 2 aromatic heterocycles. The number of benzene rings is 1. The summed E-state index contributed by atoms with van der Waals surface area (Å²) < 4.78 is 40.3. The number of ether oxygens (including phenoxy) is 1. The molecule has 168 valence electrons. The Bertz CT molecular complexity index is 1050. The molecule has 32 heavy (non-hydrogen) atoms. The van der Waals surface area contributed by atoms with E-state index >= 15 is 0 Å². The molecule has 0 unspecified atom stereocenters. The van der Waals surface area contributed by atoms with Crippen molar-refractivity contribution in [2.75, 3.05) is 29.0 Å². The zero-order chi connectivity index (χ0) is 23.0. The van der Waals surface area contributed by atoms with E-state index in [9.17, 15) is 18.0 Å². The topological polar surface area (TPSA) is 113 Å². The number of hydrogen-bond donors (Lipinski definition) is 4. The Balaban J connectivity index is 1.41. The van der Waals surface area contributed by atoms with E-state index in [2.05, 4.69) is 41.0 Å². The Morgan fingerprint density at radius 2 is 1.69 bits per heavy atom. The van der Waals surface area contributed by atoms with Crippen molar-refractivity contribution in [2.24, 2.45) is 0 Å². The number of aryl methyl sites for hydroxylation is 1. The van der Waals surface area contributed by atoms with Crippen LogP contribution in [0.25, 0.3) is 0 Å². The lowest BCUT2D eigenvalue weighted by Gasteiger charge is -2.11. The monoisotopic (exact) mass is 447 g/mol. The van der Waals surface area contributed by atoms with Crippen molar-refractivity contribution in [1.82, 2.24) is 20.3 Å². The van der Waals surface area contributed by atoms with Gasteiger partial charge in [0.25, 0.3) is 0 Å². The first-order valence-electron chi connectivity index (χ1n) is 9.43. The van der Waals surface area contributed by atoms with Crippen LogP contribution >= 0.6 is 0 Å². The third-order valence-corrected chi connectivity index (χ3v) is 3.90. The molecule has 0 saturated carbocycles. The van der Waals surface area contributed by atoms with Crippen LogP contribution in [0.1, 0.15) is 5.56 Å². The summed E-state index contributed by atoms with van der Waals surface area (Å²) in [6.07, 6.45) is -1.68. The summed E-state index contributed by atoms with van der Waals surface area (Å²) in [6, 6.07) is 9.79. The van der Waals surface area contributed by atoms with E-state index in [4.69, 9.17) is 0 Å². The molecule has 0 aliphatic carbocycles. The maximum absolute atomic E-state index is 12.2. The van der Waals surface area contributed by atoms with Crippen LogP contribution in [-0.2, 0) is 0 Å². The van der Waals surface area contributed by atoms with Crippen molar-refractivity contribution in [3.8, 4) is 5.75 Å². The SMILES string of the molecule is Cc1ccnc(Nc2cc(NCCNC(=O)Nc3ccc(OC(F)(F)F)cc3)ncn2)c1. The van der Waals surface area contributed by atoms with Gasteiger partial charge in [-0.25, -0.2) is 19.7 Å². The number of nitrogens with one attached hydrogen (secondary N) is 4. The molecule has 3 aromatic rings. The van der Waals surface area contributed by atoms with E-state index < -0.39 is 12.4 Å². The molecule has 0 aliphatic heterocycles. The number of amides is 2. The minimum Gasteiger partial charge on any atom is -0.406 e. The van der Waals surface area contributed by atoms with Crippen molar-refractivity contribution in [1.29, 1.82) is 0 Å². The van der Waals surface area contributed by atoms with Gasteiger partial charge in [0.15, 0.2) is 0 Å². The van der Waals surface area contributed by atoms with Crippen molar-refractivity contribution < 1.29 is 22.7 Å². The van der Waals surface area contributed by atoms with E-state index in [0.717, 1.165) is 17.7 Å². The molecule has 2 amide bonds. The van der Waals surface area contributed by atoms with Crippen LogP contribution in [0, 0.1) is 6.92 Å². The molecule has 1 aromatic carbocycles. The molecule has 9 nitrogen and oxygen atoms in total. The van der Waals surface area contributed by atoms with Crippen LogP contribution in [-0.4, -0.2) is 40.4 Å². The Morgan fingerprint density at radius 3 is 2.41 bits per heavy atom. The Hall–Kier alpha value is -4.09. The predicted molar refractivity (Wildman–Crippen MR) is 113 cm³/mol. The molecule has 2 heterocycles. The standard InChI is InChI=1S/C20H20F3N7O2/c1-13-6-7-24-17(10-13)30-18-11-16(27-12-28-18)25-8-9-26-19(31)29-14-2-4-15(5-3-14)32-20(21,22)23/h2-7,10-12H,8-9H2,1H3,(H2,26,29,31)(H2,24,25,27,28,30). The van der Waals surface area contributed by atoms with Crippen LogP contribution < -0.4 is 26.0 Å². The number of carbonyl (C=O) groups is 1. The van der Waals surface area contributed by atoms with Gasteiger partial charge in [-0.15, -0.1) is 13.2 Å². The van der Waals surface area contributed by atoms with Crippen LogP contribution in [0.15, 0.2) is 55.0 Å². The lowest BCUT2D eigenvalue weighted by atomic mass is 10.3. The summed E-state index contributed by atoms with van der Waals surface area (Å²) in [7, 11) is 0. The number of anilines is 4. The second-order valence-corrected chi connectivity index (χ2v) is 6.51. The lowest BCUT2D eigenvalue weighted by Crippen LogP contribution is -2.32. The maximum atomic E-state index is 12.2. The lowest BCUT2D eigenvalue weighted by molar-refractivity contribution is -0.274. The van der Waals surface area contributed by atoms with Gasteiger partial charge < -0.3 is 26.0 Å². The van der Waals surface area contributed by atoms with Gasteiger partial charge in [-0.3, -0.25) is 0 Å². The fraction of sp³-hybridized carbons (Fsp3) is 0.200. The van der Waals surface area contributed by atoms with Gasteiger partial charge in [0.2, 0.25) is 0 Å². The minimum absolute atomic E-state index is 0.271. The largest absolute Gasteiger partial charge is 0.573 e. The first-order chi connectivity index (χ1) is 15.3. The molecular formula is C20H20F3N7O2. The second-order valence-electron chi connectivity index (χ2n) is 6.51. The smallest absolute Gasteiger partial charge is 0.406 e. The van der Waals surface area contributed by atoms with Gasteiger partial charge in [-0.05, 0) is 48.9 Å². The van der Waals surface area contributed by atoms with Crippen LogP contribution in [0.2, 0.25) is 0 Å². The third kappa shape index (κ3) is 7.63. The molecule has 0 saturated heterocycles. The van der Waals surface area contributed by atoms with Crippen molar-refractivity contribution >= 4 is 29.2 Å². The molecule has 0 fully saturated rings. The predicted octanol–water partition coefficient (Wildman–Crippen LogP) is 4.06. The van der Waals surface area contributed by atoms with Crippen LogP contribution in [0.3, 0.4) is 0 Å². The number of carbonyl (C=O) groups excluding carboxylic acids is 1. The van der Waals surface area contributed by atoms with Gasteiger partial charge in [-0.1, -0.05) is 0 Å². The van der Waals surface area contributed by atoms with Crippen LogP contribution in [0.4, 0.5) is 41.1 Å². The third-order valence-electron chi connectivity index (χ3n) is 3.90. The average molecular weight is 447 g/mol. The summed E-state index contributed by atoms with van der Waals surface area (Å²) >= 11 is 0. The number of pyridine rings is 1. The Morgan fingerprint density at radius 1 is 0.969 bits per heavy atom. The Labute approximate surface area is 181 Å². The number of rotatable bonds is 8. The zero-order valence-electron chi connectivity index (χ0n) is 16.9. The van der Waals surface area contributed by atoms with Crippen molar-refractivity contribution in [3.05, 3.63) is 60.6 Å². The van der Waals surface area contributed by atoms with Gasteiger partial charge in [0, 0.05) is 31.0 Å². The molecule has 0 bridgehead atoms.